The third kappa shape index (κ3) is 4.60. The number of piperidine rings is 1. The Kier molecular flexibility index (Phi) is 6.03. The lowest BCUT2D eigenvalue weighted by molar-refractivity contribution is -0.148. The molecule has 6 nitrogen and oxygen atoms in total. The summed E-state index contributed by atoms with van der Waals surface area (Å²) in [6.07, 6.45) is 0.683. The molecule has 1 aliphatic rings. The Morgan fingerprint density at radius 1 is 1.15 bits per heavy atom. The number of benzene rings is 1. The Morgan fingerprint density at radius 3 is 2.41 bits per heavy atom. The quantitative estimate of drug-likeness (QED) is 0.539. The second-order valence-corrected chi connectivity index (χ2v) is 9.26. The summed E-state index contributed by atoms with van der Waals surface area (Å²) < 4.78 is 44.5. The number of hydrogen-bond donors (Lipinski definition) is 0. The fraction of sp³-hybridized carbons (Fsp3) is 0.333. The number of halogens is 1. The van der Waals surface area contributed by atoms with Gasteiger partial charge in [-0.05, 0) is 48.6 Å². The van der Waals surface area contributed by atoms with E-state index in [1.807, 2.05) is 0 Å². The van der Waals surface area contributed by atoms with Gasteiger partial charge < -0.3 is 4.74 Å². The first-order chi connectivity index (χ1) is 12.9. The molecule has 2 aromatic rings. The number of esters is 1. The number of carbonyl (C=O) groups excluding carboxylic acids is 2. The van der Waals surface area contributed by atoms with Crippen molar-refractivity contribution in [2.45, 2.75) is 17.1 Å². The number of ether oxygens (including phenoxy) is 1. The molecule has 0 bridgehead atoms. The van der Waals surface area contributed by atoms with Crippen molar-refractivity contribution in [1.29, 1.82) is 0 Å². The van der Waals surface area contributed by atoms with E-state index >= 15 is 0 Å². The Morgan fingerprint density at radius 2 is 1.81 bits per heavy atom. The summed E-state index contributed by atoms with van der Waals surface area (Å²) in [4.78, 5) is 24.1. The number of sulfonamides is 1. The zero-order valence-electron chi connectivity index (χ0n) is 14.3. The van der Waals surface area contributed by atoms with Gasteiger partial charge in [0.15, 0.2) is 12.4 Å². The molecule has 0 amide bonds. The molecule has 0 atom stereocenters. The summed E-state index contributed by atoms with van der Waals surface area (Å²) >= 11 is 1.16. The highest BCUT2D eigenvalue weighted by Crippen LogP contribution is 2.26. The fourth-order valence-electron chi connectivity index (χ4n) is 2.84. The number of ketones is 1. The van der Waals surface area contributed by atoms with Gasteiger partial charge in [-0.3, -0.25) is 9.59 Å². The topological polar surface area (TPSA) is 80.8 Å². The van der Waals surface area contributed by atoms with Crippen LogP contribution in [0.2, 0.25) is 0 Å². The number of Topliss-reactive ketones (excluding diaryl/α,β-unsaturated/α-hetero) is 1. The van der Waals surface area contributed by atoms with Crippen LogP contribution in [0.1, 0.15) is 23.2 Å². The summed E-state index contributed by atoms with van der Waals surface area (Å²) in [7, 11) is -3.52. The molecule has 1 saturated heterocycles. The zero-order valence-corrected chi connectivity index (χ0v) is 16.0. The fourth-order valence-corrected chi connectivity index (χ4v) is 5.46. The predicted molar refractivity (Wildman–Crippen MR) is 97.5 cm³/mol. The van der Waals surface area contributed by atoms with E-state index in [9.17, 15) is 22.4 Å². The van der Waals surface area contributed by atoms with Crippen molar-refractivity contribution in [3.8, 4) is 0 Å². The van der Waals surface area contributed by atoms with Crippen LogP contribution < -0.4 is 0 Å². The molecule has 0 radical (unpaired) electrons. The molecule has 0 N–H and O–H groups in total. The van der Waals surface area contributed by atoms with Crippen LogP contribution in [-0.4, -0.2) is 44.2 Å². The Balaban J connectivity index is 1.50. The maximum Gasteiger partial charge on any atom is 0.309 e. The van der Waals surface area contributed by atoms with E-state index in [-0.39, 0.29) is 22.9 Å². The first kappa shape index (κ1) is 19.7. The van der Waals surface area contributed by atoms with E-state index in [2.05, 4.69) is 0 Å². The predicted octanol–water partition coefficient (Wildman–Crippen LogP) is 2.71. The lowest BCUT2D eigenvalue weighted by Gasteiger charge is -2.29. The van der Waals surface area contributed by atoms with Crippen LogP contribution in [0.5, 0.6) is 0 Å². The summed E-state index contributed by atoms with van der Waals surface area (Å²) in [6, 6.07) is 8.23. The molecule has 1 aromatic carbocycles. The number of nitrogens with zero attached hydrogens (tertiary/aromatic N) is 1. The zero-order chi connectivity index (χ0) is 19.4. The standard InChI is InChI=1S/C18H18FNO5S2/c19-15-5-3-13(4-6-15)16(21)12-25-18(22)14-7-9-20(10-8-14)27(23,24)17-2-1-11-26-17/h1-6,11,14H,7-10,12H2. The maximum absolute atomic E-state index is 12.9. The van der Waals surface area contributed by atoms with Gasteiger partial charge in [0.2, 0.25) is 0 Å². The highest BCUT2D eigenvalue weighted by atomic mass is 32.2. The lowest BCUT2D eigenvalue weighted by atomic mass is 9.98. The van der Waals surface area contributed by atoms with Crippen LogP contribution in [0.15, 0.2) is 46.0 Å². The first-order valence-corrected chi connectivity index (χ1v) is 10.7. The van der Waals surface area contributed by atoms with Gasteiger partial charge >= 0.3 is 5.97 Å². The van der Waals surface area contributed by atoms with Crippen molar-refractivity contribution >= 4 is 33.1 Å². The summed E-state index contributed by atoms with van der Waals surface area (Å²) in [6.45, 7) is 0.0377. The monoisotopic (exact) mass is 411 g/mol. The Labute approximate surface area is 160 Å². The molecule has 2 heterocycles. The van der Waals surface area contributed by atoms with Crippen LogP contribution in [0.25, 0.3) is 0 Å². The first-order valence-electron chi connectivity index (χ1n) is 8.37. The van der Waals surface area contributed by atoms with Gasteiger partial charge in [0.25, 0.3) is 10.0 Å². The summed E-state index contributed by atoms with van der Waals surface area (Å²) in [5.41, 5.74) is 0.265. The molecule has 1 aliphatic heterocycles. The van der Waals surface area contributed by atoms with Gasteiger partial charge in [0.05, 0.1) is 5.92 Å². The van der Waals surface area contributed by atoms with Crippen LogP contribution in [0.4, 0.5) is 4.39 Å². The van der Waals surface area contributed by atoms with Gasteiger partial charge in [-0.2, -0.15) is 4.31 Å². The molecule has 3 rings (SSSR count). The molecule has 27 heavy (non-hydrogen) atoms. The molecule has 1 aromatic heterocycles. The molecule has 0 aliphatic carbocycles. The molecular formula is C18H18FNO5S2. The number of thiophene rings is 1. The molecule has 0 unspecified atom stereocenters. The van der Waals surface area contributed by atoms with Gasteiger partial charge in [-0.25, -0.2) is 12.8 Å². The van der Waals surface area contributed by atoms with Crippen molar-refractivity contribution in [3.05, 3.63) is 53.2 Å². The molecule has 9 heteroatoms. The Hall–Kier alpha value is -2.10. The summed E-state index contributed by atoms with van der Waals surface area (Å²) in [5, 5.41) is 1.70. The third-order valence-electron chi connectivity index (χ3n) is 4.39. The number of rotatable bonds is 6. The molecular weight excluding hydrogens is 393 g/mol. The summed E-state index contributed by atoms with van der Waals surface area (Å²) in [5.74, 6) is -1.83. The lowest BCUT2D eigenvalue weighted by Crippen LogP contribution is -2.40. The SMILES string of the molecule is O=C(COC(=O)C1CCN(S(=O)(=O)c2cccs2)CC1)c1ccc(F)cc1. The molecule has 0 spiro atoms. The van der Waals surface area contributed by atoms with Crippen LogP contribution >= 0.6 is 11.3 Å². The average molecular weight is 411 g/mol. The molecule has 1 fully saturated rings. The molecule has 0 saturated carbocycles. The minimum Gasteiger partial charge on any atom is -0.457 e. The smallest absolute Gasteiger partial charge is 0.309 e. The van der Waals surface area contributed by atoms with Gasteiger partial charge in [-0.15, -0.1) is 11.3 Å². The van der Waals surface area contributed by atoms with Crippen molar-refractivity contribution in [2.75, 3.05) is 19.7 Å². The third-order valence-corrected chi connectivity index (χ3v) is 7.66. The van der Waals surface area contributed by atoms with E-state index in [0.29, 0.717) is 12.8 Å². The van der Waals surface area contributed by atoms with E-state index in [1.54, 1.807) is 17.5 Å². The van der Waals surface area contributed by atoms with E-state index in [0.717, 1.165) is 11.3 Å². The number of carbonyl (C=O) groups is 2. The normalized spacial score (nSPS) is 16.2. The van der Waals surface area contributed by atoms with Gasteiger partial charge in [0.1, 0.15) is 10.0 Å². The second kappa shape index (κ2) is 8.28. The van der Waals surface area contributed by atoms with Crippen LogP contribution in [0.3, 0.4) is 0 Å². The maximum atomic E-state index is 12.9. The molecule has 144 valence electrons. The van der Waals surface area contributed by atoms with Crippen molar-refractivity contribution < 1.29 is 27.1 Å². The van der Waals surface area contributed by atoms with Gasteiger partial charge in [-0.1, -0.05) is 6.07 Å². The minimum atomic E-state index is -3.52. The number of hydrogen-bond acceptors (Lipinski definition) is 6. The second-order valence-electron chi connectivity index (χ2n) is 6.15. The van der Waals surface area contributed by atoms with Crippen molar-refractivity contribution in [2.24, 2.45) is 5.92 Å². The highest BCUT2D eigenvalue weighted by Gasteiger charge is 2.33. The largest absolute Gasteiger partial charge is 0.457 e. The van der Waals surface area contributed by atoms with E-state index < -0.39 is 40.1 Å². The van der Waals surface area contributed by atoms with Crippen LogP contribution in [0, 0.1) is 11.7 Å². The van der Waals surface area contributed by atoms with E-state index in [1.165, 1.54) is 28.6 Å². The highest BCUT2D eigenvalue weighted by molar-refractivity contribution is 7.91. The van der Waals surface area contributed by atoms with E-state index in [4.69, 9.17) is 4.74 Å². The van der Waals surface area contributed by atoms with Crippen molar-refractivity contribution in [1.82, 2.24) is 4.31 Å². The average Bonchev–Trinajstić information content (AvgIpc) is 3.22. The minimum absolute atomic E-state index is 0.228. The van der Waals surface area contributed by atoms with Gasteiger partial charge in [0, 0.05) is 18.7 Å². The Bertz CT molecular complexity index is 902. The van der Waals surface area contributed by atoms with Crippen LogP contribution in [-0.2, 0) is 19.6 Å². The van der Waals surface area contributed by atoms with Crippen molar-refractivity contribution in [3.63, 3.8) is 0 Å².